The van der Waals surface area contributed by atoms with Gasteiger partial charge in [0.05, 0.1) is 11.3 Å². The van der Waals surface area contributed by atoms with E-state index < -0.39 is 44.3 Å². The summed E-state index contributed by atoms with van der Waals surface area (Å²) in [6.45, 7) is 8.54. The first-order valence-corrected chi connectivity index (χ1v) is 12.3. The largest absolute Gasteiger partial charge is 0.488 e. The average molecular weight is 476 g/mol. The highest BCUT2D eigenvalue weighted by molar-refractivity contribution is 7.92. The fourth-order valence-corrected chi connectivity index (χ4v) is 5.46. The van der Waals surface area contributed by atoms with E-state index in [-0.39, 0.29) is 30.2 Å². The SMILES string of the molecule is C=CCOc1ccccc1S(=O)(=O)[C@@H]1C[C@H](C(=O)NC2(C#N)CC2)N(C(=O)OC(C)(C)C)C1. The molecule has 0 bridgehead atoms. The van der Waals surface area contributed by atoms with Gasteiger partial charge in [0.1, 0.15) is 34.4 Å². The maximum absolute atomic E-state index is 13.5. The summed E-state index contributed by atoms with van der Waals surface area (Å²) in [6, 6.07) is 7.23. The number of sulfone groups is 1. The van der Waals surface area contributed by atoms with E-state index in [0.29, 0.717) is 12.8 Å². The molecule has 178 valence electrons. The summed E-state index contributed by atoms with van der Waals surface area (Å²) in [5.74, 6) is -0.385. The molecule has 33 heavy (non-hydrogen) atoms. The van der Waals surface area contributed by atoms with Crippen LogP contribution in [0.1, 0.15) is 40.0 Å². The Bertz CT molecular complexity index is 1080. The molecular weight excluding hydrogens is 446 g/mol. The zero-order valence-corrected chi connectivity index (χ0v) is 19.9. The molecule has 1 saturated heterocycles. The second kappa shape index (κ2) is 9.06. The third-order valence-corrected chi connectivity index (χ3v) is 7.64. The number of ether oxygens (including phenoxy) is 2. The molecule has 0 aromatic heterocycles. The lowest BCUT2D eigenvalue weighted by Gasteiger charge is -2.28. The van der Waals surface area contributed by atoms with Crippen LogP contribution in [0.5, 0.6) is 5.75 Å². The Hall–Kier alpha value is -3.06. The Morgan fingerprint density at radius 3 is 2.58 bits per heavy atom. The molecule has 1 heterocycles. The minimum atomic E-state index is -3.96. The number of hydrogen-bond acceptors (Lipinski definition) is 7. The monoisotopic (exact) mass is 475 g/mol. The lowest BCUT2D eigenvalue weighted by molar-refractivity contribution is -0.126. The van der Waals surface area contributed by atoms with Gasteiger partial charge >= 0.3 is 6.09 Å². The maximum Gasteiger partial charge on any atom is 0.411 e. The predicted molar refractivity (Wildman–Crippen MR) is 120 cm³/mol. The van der Waals surface area contributed by atoms with Crippen molar-refractivity contribution in [2.45, 2.75) is 67.4 Å². The minimum Gasteiger partial charge on any atom is -0.488 e. The molecule has 0 radical (unpaired) electrons. The number of benzene rings is 1. The summed E-state index contributed by atoms with van der Waals surface area (Å²) < 4.78 is 38.0. The van der Waals surface area contributed by atoms with Crippen LogP contribution in [0, 0.1) is 11.3 Å². The van der Waals surface area contributed by atoms with Gasteiger partial charge in [-0.05, 0) is 52.2 Å². The lowest BCUT2D eigenvalue weighted by Crippen LogP contribution is -2.50. The number of nitriles is 1. The quantitative estimate of drug-likeness (QED) is 0.601. The number of para-hydroxylation sites is 1. The van der Waals surface area contributed by atoms with Crippen molar-refractivity contribution in [3.05, 3.63) is 36.9 Å². The number of likely N-dealkylation sites (tertiary alicyclic amines) is 1. The zero-order chi connectivity index (χ0) is 24.4. The summed E-state index contributed by atoms with van der Waals surface area (Å²) in [6.07, 6.45) is 1.64. The van der Waals surface area contributed by atoms with Crippen molar-refractivity contribution < 1.29 is 27.5 Å². The number of rotatable bonds is 7. The Balaban J connectivity index is 1.91. The van der Waals surface area contributed by atoms with Crippen molar-refractivity contribution >= 4 is 21.8 Å². The van der Waals surface area contributed by atoms with E-state index in [2.05, 4.69) is 18.0 Å². The highest BCUT2D eigenvalue weighted by Crippen LogP contribution is 2.37. The Morgan fingerprint density at radius 1 is 1.33 bits per heavy atom. The molecule has 2 amide bonds. The van der Waals surface area contributed by atoms with Gasteiger partial charge in [-0.1, -0.05) is 24.8 Å². The molecule has 1 aromatic rings. The predicted octanol–water partition coefficient (Wildman–Crippen LogP) is 2.58. The Morgan fingerprint density at radius 2 is 2.00 bits per heavy atom. The Kier molecular flexibility index (Phi) is 6.75. The van der Waals surface area contributed by atoms with Crippen LogP contribution >= 0.6 is 0 Å². The number of hydrogen-bond donors (Lipinski definition) is 1. The summed E-state index contributed by atoms with van der Waals surface area (Å²) in [4.78, 5) is 27.0. The van der Waals surface area contributed by atoms with Crippen molar-refractivity contribution in [3.63, 3.8) is 0 Å². The van der Waals surface area contributed by atoms with Gasteiger partial charge in [-0.3, -0.25) is 9.69 Å². The Labute approximate surface area is 194 Å². The van der Waals surface area contributed by atoms with Gasteiger partial charge in [0, 0.05) is 6.54 Å². The second-order valence-electron chi connectivity index (χ2n) is 9.28. The minimum absolute atomic E-state index is 0.0160. The highest BCUT2D eigenvalue weighted by Gasteiger charge is 2.51. The third kappa shape index (κ3) is 5.47. The van der Waals surface area contributed by atoms with Gasteiger partial charge in [-0.2, -0.15) is 5.26 Å². The number of amides is 2. The summed E-state index contributed by atoms with van der Waals surface area (Å²) in [5, 5.41) is 10.9. The first-order chi connectivity index (χ1) is 15.4. The van der Waals surface area contributed by atoms with Gasteiger partial charge in [0.25, 0.3) is 0 Å². The first-order valence-electron chi connectivity index (χ1n) is 10.7. The standard InChI is InChI=1S/C23H29N3O6S/c1-5-12-31-18-8-6-7-9-19(18)33(29,30)16-13-17(20(27)25-23(15-24)10-11-23)26(14-16)21(28)32-22(2,3)4/h5-9,16-17H,1,10-14H2,2-4H3,(H,25,27)/t16-,17-/m1/s1. The van der Waals surface area contributed by atoms with E-state index in [9.17, 15) is 23.3 Å². The molecule has 0 unspecified atom stereocenters. The number of carbonyl (C=O) groups excluding carboxylic acids is 2. The van der Waals surface area contributed by atoms with Crippen molar-refractivity contribution in [3.8, 4) is 11.8 Å². The molecule has 1 aliphatic carbocycles. The fraction of sp³-hybridized carbons (Fsp3) is 0.522. The van der Waals surface area contributed by atoms with Crippen LogP contribution in [0.15, 0.2) is 41.8 Å². The van der Waals surface area contributed by atoms with Gasteiger partial charge < -0.3 is 14.8 Å². The maximum atomic E-state index is 13.5. The molecule has 10 heteroatoms. The fourth-order valence-electron chi connectivity index (χ4n) is 3.63. The molecule has 2 aliphatic rings. The highest BCUT2D eigenvalue weighted by atomic mass is 32.2. The van der Waals surface area contributed by atoms with Crippen LogP contribution in [0.2, 0.25) is 0 Å². The number of carbonyl (C=O) groups is 2. The average Bonchev–Trinajstić information content (AvgIpc) is 3.35. The van der Waals surface area contributed by atoms with Crippen molar-refractivity contribution in [2.75, 3.05) is 13.2 Å². The molecule has 1 N–H and O–H groups in total. The van der Waals surface area contributed by atoms with Crippen molar-refractivity contribution in [1.29, 1.82) is 5.26 Å². The molecule has 1 aromatic carbocycles. The summed E-state index contributed by atoms with van der Waals surface area (Å²) >= 11 is 0. The van der Waals surface area contributed by atoms with Crippen LogP contribution < -0.4 is 10.1 Å². The topological polar surface area (TPSA) is 126 Å². The van der Waals surface area contributed by atoms with Crippen LogP contribution in [-0.2, 0) is 19.4 Å². The lowest BCUT2D eigenvalue weighted by atomic mass is 10.2. The number of nitrogens with zero attached hydrogens (tertiary/aromatic N) is 2. The number of nitrogens with one attached hydrogen (secondary N) is 1. The smallest absolute Gasteiger partial charge is 0.411 e. The van der Waals surface area contributed by atoms with Crippen LogP contribution in [0.4, 0.5) is 4.79 Å². The van der Waals surface area contributed by atoms with E-state index in [1.165, 1.54) is 12.1 Å². The summed E-state index contributed by atoms with van der Waals surface area (Å²) in [7, 11) is -3.96. The third-order valence-electron chi connectivity index (χ3n) is 5.47. The first kappa shape index (κ1) is 24.6. The van der Waals surface area contributed by atoms with Crippen LogP contribution in [-0.4, -0.2) is 60.9 Å². The molecule has 2 fully saturated rings. The second-order valence-corrected chi connectivity index (χ2v) is 11.5. The van der Waals surface area contributed by atoms with Crippen molar-refractivity contribution in [1.82, 2.24) is 10.2 Å². The van der Waals surface area contributed by atoms with Crippen LogP contribution in [0.25, 0.3) is 0 Å². The van der Waals surface area contributed by atoms with Gasteiger partial charge in [-0.15, -0.1) is 0 Å². The molecular formula is C23H29N3O6S. The summed E-state index contributed by atoms with van der Waals surface area (Å²) in [5.41, 5.74) is -1.77. The molecule has 3 rings (SSSR count). The molecule has 9 nitrogen and oxygen atoms in total. The zero-order valence-electron chi connectivity index (χ0n) is 19.0. The van der Waals surface area contributed by atoms with E-state index >= 15 is 0 Å². The van der Waals surface area contributed by atoms with Gasteiger partial charge in [0.2, 0.25) is 5.91 Å². The van der Waals surface area contributed by atoms with Crippen LogP contribution in [0.3, 0.4) is 0 Å². The van der Waals surface area contributed by atoms with Crippen molar-refractivity contribution in [2.24, 2.45) is 0 Å². The molecule has 2 atom stereocenters. The van der Waals surface area contributed by atoms with E-state index in [0.717, 1.165) is 4.90 Å². The molecule has 1 saturated carbocycles. The van der Waals surface area contributed by atoms with E-state index in [1.54, 1.807) is 39.0 Å². The van der Waals surface area contributed by atoms with Gasteiger partial charge in [0.15, 0.2) is 9.84 Å². The van der Waals surface area contributed by atoms with E-state index in [4.69, 9.17) is 9.47 Å². The molecule has 1 aliphatic heterocycles. The molecule has 0 spiro atoms. The van der Waals surface area contributed by atoms with E-state index in [1.807, 2.05) is 0 Å². The van der Waals surface area contributed by atoms with Gasteiger partial charge in [-0.25, -0.2) is 13.2 Å². The normalized spacial score (nSPS) is 21.6.